The van der Waals surface area contributed by atoms with E-state index in [1.54, 1.807) is 28.9 Å². The second-order valence-corrected chi connectivity index (χ2v) is 7.52. The molecule has 0 N–H and O–H groups in total. The van der Waals surface area contributed by atoms with Crippen LogP contribution in [0.15, 0.2) is 47.3 Å². The molecule has 4 heterocycles. The Morgan fingerprint density at radius 2 is 2.00 bits per heavy atom. The lowest BCUT2D eigenvalue weighted by Crippen LogP contribution is -2.27. The fraction of sp³-hybridized carbons (Fsp3) is 0.263. The Morgan fingerprint density at radius 3 is 2.71 bits per heavy atom. The lowest BCUT2D eigenvalue weighted by atomic mass is 10.3. The Hall–Kier alpha value is -2.94. The Balaban J connectivity index is 1.46. The van der Waals surface area contributed by atoms with Gasteiger partial charge in [0, 0.05) is 25.6 Å². The molecule has 1 amide bonds. The summed E-state index contributed by atoms with van der Waals surface area (Å²) < 4.78 is 6.48. The van der Waals surface area contributed by atoms with Crippen LogP contribution in [0.4, 0.5) is 0 Å². The molecule has 4 aromatic heterocycles. The van der Waals surface area contributed by atoms with Gasteiger partial charge in [-0.3, -0.25) is 9.48 Å². The van der Waals surface area contributed by atoms with E-state index in [4.69, 9.17) is 0 Å². The van der Waals surface area contributed by atoms with E-state index in [0.29, 0.717) is 18.9 Å². The topological polar surface area (TPSA) is 73.2 Å². The highest BCUT2D eigenvalue weighted by molar-refractivity contribution is 9.10. The van der Waals surface area contributed by atoms with Crippen molar-refractivity contribution in [3.05, 3.63) is 70.1 Å². The van der Waals surface area contributed by atoms with Gasteiger partial charge in [-0.05, 0) is 48.0 Å². The molecule has 8 nitrogen and oxygen atoms in total. The van der Waals surface area contributed by atoms with Crippen LogP contribution >= 0.6 is 15.9 Å². The highest BCUT2D eigenvalue weighted by atomic mass is 79.9. The summed E-state index contributed by atoms with van der Waals surface area (Å²) in [7, 11) is 1.75. The Kier molecular flexibility index (Phi) is 4.76. The molecule has 144 valence electrons. The van der Waals surface area contributed by atoms with Gasteiger partial charge in [0.25, 0.3) is 5.91 Å². The molecule has 0 bridgehead atoms. The first-order chi connectivity index (χ1) is 13.4. The van der Waals surface area contributed by atoms with Gasteiger partial charge in [0.15, 0.2) is 0 Å². The molecule has 0 saturated heterocycles. The smallest absolute Gasteiger partial charge is 0.274 e. The molecule has 0 spiro atoms. The molecule has 0 aliphatic rings. The van der Waals surface area contributed by atoms with Crippen LogP contribution in [0.2, 0.25) is 0 Å². The van der Waals surface area contributed by atoms with E-state index in [1.165, 1.54) is 0 Å². The Morgan fingerprint density at radius 1 is 1.18 bits per heavy atom. The molecule has 0 aliphatic heterocycles. The standard InChI is InChI=1S/C19H20BrN7O/c1-13-18(20)14(2)27(22-13)12-26-9-7-16(23-26)19(28)24(3)10-15-11-25-8-5-4-6-17(25)21-15/h4-9,11H,10,12H2,1-3H3. The van der Waals surface area contributed by atoms with Gasteiger partial charge in [-0.15, -0.1) is 0 Å². The Labute approximate surface area is 170 Å². The molecule has 0 unspecified atom stereocenters. The van der Waals surface area contributed by atoms with E-state index in [2.05, 4.69) is 31.1 Å². The number of rotatable bonds is 5. The molecule has 4 rings (SSSR count). The highest BCUT2D eigenvalue weighted by Crippen LogP contribution is 2.19. The van der Waals surface area contributed by atoms with Crippen molar-refractivity contribution in [1.82, 2.24) is 33.8 Å². The first-order valence-electron chi connectivity index (χ1n) is 8.83. The largest absolute Gasteiger partial charge is 0.334 e. The number of hydrogen-bond acceptors (Lipinski definition) is 4. The van der Waals surface area contributed by atoms with Crippen molar-refractivity contribution >= 4 is 27.5 Å². The third-order valence-corrected chi connectivity index (χ3v) is 5.74. The van der Waals surface area contributed by atoms with Gasteiger partial charge in [-0.2, -0.15) is 10.2 Å². The van der Waals surface area contributed by atoms with Crippen LogP contribution in [0, 0.1) is 13.8 Å². The van der Waals surface area contributed by atoms with Crippen LogP contribution in [0.5, 0.6) is 0 Å². The van der Waals surface area contributed by atoms with Gasteiger partial charge in [-0.1, -0.05) is 6.07 Å². The highest BCUT2D eigenvalue weighted by Gasteiger charge is 2.17. The van der Waals surface area contributed by atoms with E-state index in [0.717, 1.165) is 27.2 Å². The number of fused-ring (bicyclic) bond motifs is 1. The number of imidazole rings is 1. The monoisotopic (exact) mass is 441 g/mol. The molecule has 28 heavy (non-hydrogen) atoms. The van der Waals surface area contributed by atoms with Gasteiger partial charge in [0.2, 0.25) is 0 Å². The van der Waals surface area contributed by atoms with Crippen molar-refractivity contribution in [2.45, 2.75) is 27.1 Å². The zero-order valence-corrected chi connectivity index (χ0v) is 17.5. The van der Waals surface area contributed by atoms with Crippen LogP contribution in [-0.4, -0.2) is 46.8 Å². The summed E-state index contributed by atoms with van der Waals surface area (Å²) in [6, 6.07) is 7.55. The van der Waals surface area contributed by atoms with Crippen molar-refractivity contribution in [3.8, 4) is 0 Å². The normalized spacial score (nSPS) is 11.3. The van der Waals surface area contributed by atoms with Gasteiger partial charge in [0.05, 0.1) is 28.1 Å². The maximum Gasteiger partial charge on any atom is 0.274 e. The van der Waals surface area contributed by atoms with E-state index in [9.17, 15) is 4.79 Å². The molecule has 0 fully saturated rings. The van der Waals surface area contributed by atoms with E-state index in [-0.39, 0.29) is 5.91 Å². The van der Waals surface area contributed by atoms with Crippen molar-refractivity contribution < 1.29 is 4.79 Å². The zero-order chi connectivity index (χ0) is 19.8. The summed E-state index contributed by atoms with van der Waals surface area (Å²) >= 11 is 3.52. The van der Waals surface area contributed by atoms with Crippen molar-refractivity contribution in [1.29, 1.82) is 0 Å². The third-order valence-electron chi connectivity index (χ3n) is 4.59. The third kappa shape index (κ3) is 3.45. The molecule has 0 radical (unpaired) electrons. The first kappa shape index (κ1) is 18.4. The second kappa shape index (κ2) is 7.23. The van der Waals surface area contributed by atoms with Gasteiger partial charge >= 0.3 is 0 Å². The molecule has 4 aromatic rings. The van der Waals surface area contributed by atoms with Crippen LogP contribution in [0.1, 0.15) is 27.6 Å². The fourth-order valence-corrected chi connectivity index (χ4v) is 3.36. The number of halogens is 1. The number of carbonyl (C=O) groups is 1. The SMILES string of the molecule is Cc1nn(Cn2ccc(C(=O)N(C)Cc3cn4ccccc4n3)n2)c(C)c1Br. The number of amides is 1. The summed E-state index contributed by atoms with van der Waals surface area (Å²) in [5.41, 5.74) is 4.03. The minimum absolute atomic E-state index is 0.148. The molecular formula is C19H20BrN7O. The zero-order valence-electron chi connectivity index (χ0n) is 15.9. The summed E-state index contributed by atoms with van der Waals surface area (Å²) in [6.45, 7) is 4.79. The van der Waals surface area contributed by atoms with Crippen molar-refractivity contribution in [2.75, 3.05) is 7.05 Å². The number of aromatic nitrogens is 6. The second-order valence-electron chi connectivity index (χ2n) is 6.73. The predicted molar refractivity (Wildman–Crippen MR) is 108 cm³/mol. The predicted octanol–water partition coefficient (Wildman–Crippen LogP) is 2.88. The maximum atomic E-state index is 12.7. The number of aryl methyl sites for hydroxylation is 1. The number of carbonyl (C=O) groups excluding carboxylic acids is 1. The Bertz CT molecular complexity index is 1120. The quantitative estimate of drug-likeness (QED) is 0.477. The molecular weight excluding hydrogens is 422 g/mol. The maximum absolute atomic E-state index is 12.7. The van der Waals surface area contributed by atoms with E-state index < -0.39 is 0 Å². The average Bonchev–Trinajstić information content (AvgIpc) is 3.36. The lowest BCUT2D eigenvalue weighted by molar-refractivity contribution is 0.0776. The van der Waals surface area contributed by atoms with Crippen molar-refractivity contribution in [3.63, 3.8) is 0 Å². The molecule has 0 aromatic carbocycles. The van der Waals surface area contributed by atoms with Crippen LogP contribution in [0.3, 0.4) is 0 Å². The van der Waals surface area contributed by atoms with Crippen LogP contribution in [-0.2, 0) is 13.2 Å². The van der Waals surface area contributed by atoms with Crippen molar-refractivity contribution in [2.24, 2.45) is 0 Å². The van der Waals surface area contributed by atoms with E-state index in [1.807, 2.05) is 53.5 Å². The van der Waals surface area contributed by atoms with Gasteiger partial charge < -0.3 is 9.30 Å². The fourth-order valence-electron chi connectivity index (χ4n) is 3.08. The molecule has 0 atom stereocenters. The first-order valence-corrected chi connectivity index (χ1v) is 9.62. The summed E-state index contributed by atoms with van der Waals surface area (Å²) in [6.07, 6.45) is 5.65. The van der Waals surface area contributed by atoms with Gasteiger partial charge in [-0.25, -0.2) is 9.67 Å². The minimum Gasteiger partial charge on any atom is -0.334 e. The number of hydrogen-bond donors (Lipinski definition) is 0. The number of nitrogens with zero attached hydrogens (tertiary/aromatic N) is 7. The number of pyridine rings is 1. The lowest BCUT2D eigenvalue weighted by Gasteiger charge is -2.14. The molecule has 0 saturated carbocycles. The van der Waals surface area contributed by atoms with Crippen LogP contribution < -0.4 is 0 Å². The summed E-state index contributed by atoms with van der Waals surface area (Å²) in [4.78, 5) is 18.9. The minimum atomic E-state index is -0.148. The molecule has 0 aliphatic carbocycles. The van der Waals surface area contributed by atoms with Gasteiger partial charge in [0.1, 0.15) is 18.0 Å². The summed E-state index contributed by atoms with van der Waals surface area (Å²) in [5, 5.41) is 8.89. The van der Waals surface area contributed by atoms with E-state index >= 15 is 0 Å². The molecule has 9 heteroatoms. The average molecular weight is 442 g/mol. The summed E-state index contributed by atoms with van der Waals surface area (Å²) in [5.74, 6) is -0.148. The van der Waals surface area contributed by atoms with Crippen LogP contribution in [0.25, 0.3) is 5.65 Å².